The second-order valence-electron chi connectivity index (χ2n) is 7.47. The van der Waals surface area contributed by atoms with E-state index < -0.39 is 5.60 Å². The average Bonchev–Trinajstić information content (AvgIpc) is 2.61. The van der Waals surface area contributed by atoms with Gasteiger partial charge in [-0.2, -0.15) is 0 Å². The number of rotatable bonds is 3. The van der Waals surface area contributed by atoms with Crippen LogP contribution in [-0.2, 0) is 4.74 Å². The fourth-order valence-corrected chi connectivity index (χ4v) is 3.14. The number of halogens is 1. The molecule has 1 fully saturated rings. The van der Waals surface area contributed by atoms with Crippen LogP contribution in [0.2, 0.25) is 5.15 Å². The van der Waals surface area contributed by atoms with Crippen LogP contribution >= 0.6 is 11.6 Å². The summed E-state index contributed by atoms with van der Waals surface area (Å²) in [6.45, 7) is 6.76. The maximum atomic E-state index is 12.2. The highest BCUT2D eigenvalue weighted by Gasteiger charge is 2.28. The monoisotopic (exact) mass is 393 g/mol. The third-order valence-corrected chi connectivity index (χ3v) is 4.56. The van der Waals surface area contributed by atoms with Crippen molar-refractivity contribution in [3.63, 3.8) is 0 Å². The van der Waals surface area contributed by atoms with Crippen LogP contribution in [0.1, 0.15) is 33.6 Å². The minimum absolute atomic E-state index is 0.0210. The van der Waals surface area contributed by atoms with Crippen molar-refractivity contribution in [2.75, 3.05) is 20.2 Å². The Bertz CT molecular complexity index is 830. The molecular formula is C19H24ClN3O4. The smallest absolute Gasteiger partial charge is 0.410 e. The minimum atomic E-state index is -0.494. The second kappa shape index (κ2) is 7.76. The summed E-state index contributed by atoms with van der Waals surface area (Å²) in [5, 5.41) is 1.08. The molecule has 0 aliphatic carbocycles. The van der Waals surface area contributed by atoms with E-state index in [1.54, 1.807) is 18.1 Å². The van der Waals surface area contributed by atoms with Crippen LogP contribution in [0.3, 0.4) is 0 Å². The van der Waals surface area contributed by atoms with E-state index >= 15 is 0 Å². The Morgan fingerprint density at radius 2 is 1.89 bits per heavy atom. The molecule has 3 rings (SSSR count). The Morgan fingerprint density at radius 3 is 2.52 bits per heavy atom. The molecule has 8 heteroatoms. The fraction of sp³-hybridized carbons (Fsp3) is 0.526. The maximum Gasteiger partial charge on any atom is 0.410 e. The van der Waals surface area contributed by atoms with E-state index in [4.69, 9.17) is 25.8 Å². The molecule has 2 heterocycles. The van der Waals surface area contributed by atoms with E-state index in [0.29, 0.717) is 53.5 Å². The van der Waals surface area contributed by atoms with Gasteiger partial charge in [-0.3, -0.25) is 0 Å². The minimum Gasteiger partial charge on any atom is -0.493 e. The highest BCUT2D eigenvalue weighted by Crippen LogP contribution is 2.35. The molecule has 0 unspecified atom stereocenters. The summed E-state index contributed by atoms with van der Waals surface area (Å²) in [7, 11) is 1.58. The zero-order valence-electron chi connectivity index (χ0n) is 16.0. The Labute approximate surface area is 163 Å². The molecule has 1 aliphatic rings. The Hall–Kier alpha value is -2.28. The molecule has 0 bridgehead atoms. The fourth-order valence-electron chi connectivity index (χ4n) is 2.95. The molecule has 0 spiro atoms. The first-order valence-electron chi connectivity index (χ1n) is 8.89. The zero-order chi connectivity index (χ0) is 19.6. The number of piperidine rings is 1. The molecule has 1 aliphatic heterocycles. The molecular weight excluding hydrogens is 370 g/mol. The number of likely N-dealkylation sites (tertiary alicyclic amines) is 1. The van der Waals surface area contributed by atoms with Gasteiger partial charge in [0.25, 0.3) is 0 Å². The number of fused-ring (bicyclic) bond motifs is 1. The summed E-state index contributed by atoms with van der Waals surface area (Å²) in [5.74, 6) is 1.18. The van der Waals surface area contributed by atoms with Gasteiger partial charge in [0.1, 0.15) is 23.2 Å². The molecule has 27 heavy (non-hydrogen) atoms. The lowest BCUT2D eigenvalue weighted by atomic mass is 10.1. The molecule has 1 aromatic heterocycles. The summed E-state index contributed by atoms with van der Waals surface area (Å²) >= 11 is 6.12. The van der Waals surface area contributed by atoms with Gasteiger partial charge >= 0.3 is 6.09 Å². The maximum absolute atomic E-state index is 12.2. The third kappa shape index (κ3) is 4.71. The van der Waals surface area contributed by atoms with Crippen molar-refractivity contribution >= 4 is 28.6 Å². The topological polar surface area (TPSA) is 73.8 Å². The Kier molecular flexibility index (Phi) is 5.60. The standard InChI is InChI=1S/C19H24ClN3O4/c1-19(2,3)27-18(24)23-7-5-12(6-8-23)26-16-10-14-13(9-15(16)25-4)17(20)22-11-21-14/h9-12H,5-8H2,1-4H3. The van der Waals surface area contributed by atoms with Crippen molar-refractivity contribution in [2.45, 2.75) is 45.3 Å². The lowest BCUT2D eigenvalue weighted by Crippen LogP contribution is -2.44. The van der Waals surface area contributed by atoms with Gasteiger partial charge < -0.3 is 19.1 Å². The van der Waals surface area contributed by atoms with Gasteiger partial charge in [-0.1, -0.05) is 11.6 Å². The lowest BCUT2D eigenvalue weighted by Gasteiger charge is -2.33. The molecule has 0 radical (unpaired) electrons. The van der Waals surface area contributed by atoms with E-state index in [2.05, 4.69) is 9.97 Å². The number of amides is 1. The molecule has 0 atom stereocenters. The molecule has 1 saturated heterocycles. The van der Waals surface area contributed by atoms with Crippen LogP contribution < -0.4 is 9.47 Å². The van der Waals surface area contributed by atoms with Crippen molar-refractivity contribution in [2.24, 2.45) is 0 Å². The predicted molar refractivity (Wildman–Crippen MR) is 103 cm³/mol. The molecule has 1 aromatic carbocycles. The molecule has 1 amide bonds. The van der Waals surface area contributed by atoms with Gasteiger partial charge in [-0.15, -0.1) is 0 Å². The number of methoxy groups -OCH3 is 1. The first kappa shape index (κ1) is 19.5. The molecule has 0 saturated carbocycles. The van der Waals surface area contributed by atoms with Gasteiger partial charge in [-0.25, -0.2) is 14.8 Å². The van der Waals surface area contributed by atoms with Gasteiger partial charge in [0, 0.05) is 37.4 Å². The van der Waals surface area contributed by atoms with Crippen molar-refractivity contribution in [3.05, 3.63) is 23.6 Å². The van der Waals surface area contributed by atoms with Crippen LogP contribution in [0.4, 0.5) is 4.79 Å². The third-order valence-electron chi connectivity index (χ3n) is 4.26. The highest BCUT2D eigenvalue weighted by molar-refractivity contribution is 6.34. The van der Waals surface area contributed by atoms with Crippen molar-refractivity contribution in [1.29, 1.82) is 0 Å². The van der Waals surface area contributed by atoms with Crippen molar-refractivity contribution < 1.29 is 19.0 Å². The van der Waals surface area contributed by atoms with E-state index in [-0.39, 0.29) is 12.2 Å². The summed E-state index contributed by atoms with van der Waals surface area (Å²) in [4.78, 5) is 22.1. The number of carbonyl (C=O) groups is 1. The van der Waals surface area contributed by atoms with Gasteiger partial charge in [-0.05, 0) is 26.8 Å². The largest absolute Gasteiger partial charge is 0.493 e. The van der Waals surface area contributed by atoms with Crippen LogP contribution in [0.25, 0.3) is 10.9 Å². The highest BCUT2D eigenvalue weighted by atomic mass is 35.5. The van der Waals surface area contributed by atoms with E-state index in [9.17, 15) is 4.79 Å². The SMILES string of the molecule is COc1cc2c(Cl)ncnc2cc1OC1CCN(C(=O)OC(C)(C)C)CC1. The van der Waals surface area contributed by atoms with Gasteiger partial charge in [0.05, 0.1) is 12.6 Å². The number of aromatic nitrogens is 2. The quantitative estimate of drug-likeness (QED) is 0.732. The zero-order valence-corrected chi connectivity index (χ0v) is 16.7. The molecule has 146 valence electrons. The predicted octanol–water partition coefficient (Wildman–Crippen LogP) is 4.07. The number of hydrogen-bond acceptors (Lipinski definition) is 6. The lowest BCUT2D eigenvalue weighted by molar-refractivity contribution is 0.0124. The number of carbonyl (C=O) groups excluding carboxylic acids is 1. The number of benzene rings is 1. The van der Waals surface area contributed by atoms with Crippen LogP contribution in [0, 0.1) is 0 Å². The van der Waals surface area contributed by atoms with Crippen molar-refractivity contribution in [1.82, 2.24) is 14.9 Å². The van der Waals surface area contributed by atoms with Crippen molar-refractivity contribution in [3.8, 4) is 11.5 Å². The van der Waals surface area contributed by atoms with E-state index in [1.807, 2.05) is 26.8 Å². The summed E-state index contributed by atoms with van der Waals surface area (Å²) < 4.78 is 17.0. The van der Waals surface area contributed by atoms with Crippen LogP contribution in [0.5, 0.6) is 11.5 Å². The van der Waals surface area contributed by atoms with Crippen LogP contribution in [-0.4, -0.2) is 52.9 Å². The van der Waals surface area contributed by atoms with E-state index in [0.717, 1.165) is 0 Å². The number of ether oxygens (including phenoxy) is 3. The summed E-state index contributed by atoms with van der Waals surface area (Å²) in [5.41, 5.74) is 0.198. The average molecular weight is 394 g/mol. The Morgan fingerprint density at radius 1 is 1.19 bits per heavy atom. The second-order valence-corrected chi connectivity index (χ2v) is 7.83. The van der Waals surface area contributed by atoms with E-state index in [1.165, 1.54) is 6.33 Å². The van der Waals surface area contributed by atoms with Gasteiger partial charge in [0.15, 0.2) is 11.5 Å². The summed E-state index contributed by atoms with van der Waals surface area (Å²) in [6, 6.07) is 3.59. The Balaban J connectivity index is 1.68. The first-order valence-corrected chi connectivity index (χ1v) is 9.27. The molecule has 0 N–H and O–H groups in total. The molecule has 2 aromatic rings. The number of hydrogen-bond donors (Lipinski definition) is 0. The van der Waals surface area contributed by atoms with Crippen LogP contribution in [0.15, 0.2) is 18.5 Å². The molecule has 7 nitrogen and oxygen atoms in total. The number of nitrogens with zero attached hydrogens (tertiary/aromatic N) is 3. The van der Waals surface area contributed by atoms with Gasteiger partial charge in [0.2, 0.25) is 0 Å². The summed E-state index contributed by atoms with van der Waals surface area (Å²) in [6.07, 6.45) is 2.54. The first-order chi connectivity index (χ1) is 12.8. The normalized spacial score (nSPS) is 15.7.